The van der Waals surface area contributed by atoms with Gasteiger partial charge in [0.2, 0.25) is 5.91 Å². The second-order valence-corrected chi connectivity index (χ2v) is 9.59. The normalized spacial score (nSPS) is 14.0. The molecule has 9 heteroatoms. The predicted molar refractivity (Wildman–Crippen MR) is 126 cm³/mol. The zero-order chi connectivity index (χ0) is 26.0. The zero-order valence-corrected chi connectivity index (χ0v) is 20.2. The fraction of sp³-hybridized carbons (Fsp3) is 0.423. The van der Waals surface area contributed by atoms with Gasteiger partial charge in [0.1, 0.15) is 12.6 Å². The number of fused-ring (bicyclic) bond motifs is 3. The van der Waals surface area contributed by atoms with Crippen LogP contribution in [0.4, 0.5) is 13.6 Å². The number of nitrogens with zero attached hydrogens (tertiary/aromatic N) is 1. The van der Waals surface area contributed by atoms with Crippen LogP contribution < -0.4 is 5.32 Å². The molecule has 1 atom stereocenters. The van der Waals surface area contributed by atoms with Crippen molar-refractivity contribution in [2.24, 2.45) is 5.41 Å². The highest BCUT2D eigenvalue weighted by Crippen LogP contribution is 2.44. The fourth-order valence-corrected chi connectivity index (χ4v) is 4.23. The molecule has 188 valence electrons. The number of alkyl halides is 2. The molecule has 3 rings (SSSR count). The van der Waals surface area contributed by atoms with Gasteiger partial charge in [-0.1, -0.05) is 62.4 Å². The predicted octanol–water partition coefficient (Wildman–Crippen LogP) is 4.51. The van der Waals surface area contributed by atoms with Gasteiger partial charge in [-0.25, -0.2) is 13.6 Å². The minimum Gasteiger partial charge on any atom is -0.481 e. The van der Waals surface area contributed by atoms with Crippen molar-refractivity contribution < 1.29 is 33.0 Å². The largest absolute Gasteiger partial charge is 0.481 e. The smallest absolute Gasteiger partial charge is 0.407 e. The number of hydrogen-bond donors (Lipinski definition) is 2. The number of nitrogens with one attached hydrogen (secondary N) is 1. The number of aliphatic carboxylic acids is 1. The van der Waals surface area contributed by atoms with Gasteiger partial charge in [0, 0.05) is 24.9 Å². The van der Waals surface area contributed by atoms with E-state index in [-0.39, 0.29) is 19.1 Å². The highest BCUT2D eigenvalue weighted by Gasteiger charge is 2.44. The third-order valence-corrected chi connectivity index (χ3v) is 6.51. The summed E-state index contributed by atoms with van der Waals surface area (Å²) in [6.07, 6.45) is -1.67. The molecular formula is C26H30F2N2O5. The number of carbonyl (C=O) groups is 3. The highest BCUT2D eigenvalue weighted by atomic mass is 19.3. The van der Waals surface area contributed by atoms with Crippen molar-refractivity contribution in [2.45, 2.75) is 45.1 Å². The summed E-state index contributed by atoms with van der Waals surface area (Å²) in [6.45, 7) is 3.02. The Bertz CT molecular complexity index is 1070. The Morgan fingerprint density at radius 1 is 1.03 bits per heavy atom. The van der Waals surface area contributed by atoms with Gasteiger partial charge in [-0.15, -0.1) is 0 Å². The Kier molecular flexibility index (Phi) is 7.47. The number of carbonyl (C=O) groups excluding carboxylic acids is 2. The van der Waals surface area contributed by atoms with E-state index in [1.54, 1.807) is 0 Å². The molecule has 7 nitrogen and oxygen atoms in total. The van der Waals surface area contributed by atoms with E-state index in [9.17, 15) is 28.3 Å². The van der Waals surface area contributed by atoms with Gasteiger partial charge in [0.25, 0.3) is 5.92 Å². The van der Waals surface area contributed by atoms with Crippen molar-refractivity contribution in [2.75, 3.05) is 20.2 Å². The van der Waals surface area contributed by atoms with Gasteiger partial charge in [-0.3, -0.25) is 9.59 Å². The average molecular weight is 489 g/mol. The lowest BCUT2D eigenvalue weighted by molar-refractivity contribution is -0.145. The number of amides is 2. The molecule has 2 N–H and O–H groups in total. The van der Waals surface area contributed by atoms with Crippen molar-refractivity contribution in [3.8, 4) is 11.1 Å². The molecule has 1 aliphatic rings. The molecule has 1 unspecified atom stereocenters. The number of benzene rings is 2. The van der Waals surface area contributed by atoms with Crippen molar-refractivity contribution in [3.63, 3.8) is 0 Å². The molecule has 0 aromatic heterocycles. The summed E-state index contributed by atoms with van der Waals surface area (Å²) < 4.78 is 33.2. The summed E-state index contributed by atoms with van der Waals surface area (Å²) in [7, 11) is 1.30. The van der Waals surface area contributed by atoms with Gasteiger partial charge >= 0.3 is 12.1 Å². The van der Waals surface area contributed by atoms with Crippen LogP contribution >= 0.6 is 0 Å². The summed E-state index contributed by atoms with van der Waals surface area (Å²) in [5, 5.41) is 11.5. The maximum atomic E-state index is 13.9. The molecule has 0 bridgehead atoms. The van der Waals surface area contributed by atoms with Gasteiger partial charge in [0.15, 0.2) is 0 Å². The molecule has 0 saturated carbocycles. The summed E-state index contributed by atoms with van der Waals surface area (Å²) in [6, 6.07) is 14.1. The summed E-state index contributed by atoms with van der Waals surface area (Å²) in [5.74, 6) is -5.41. The number of ether oxygens (including phenoxy) is 1. The number of carboxylic acids is 1. The number of hydrogen-bond acceptors (Lipinski definition) is 4. The van der Waals surface area contributed by atoms with E-state index >= 15 is 0 Å². The summed E-state index contributed by atoms with van der Waals surface area (Å²) >= 11 is 0. The molecule has 0 saturated heterocycles. The maximum absolute atomic E-state index is 13.9. The van der Waals surface area contributed by atoms with E-state index in [0.29, 0.717) is 0 Å². The lowest BCUT2D eigenvalue weighted by Gasteiger charge is -2.36. The molecule has 0 radical (unpaired) electrons. The minimum absolute atomic E-state index is 0.0151. The SMILES string of the molecule is CN(CC(C)(C)C(C)(F)F)C(=O)C(CC(=O)O)NC(=O)OCC1c2ccccc2-c2ccccc21. The number of likely N-dealkylation sites (N-methyl/N-ethyl adjacent to an activating group) is 1. The Morgan fingerprint density at radius 2 is 1.54 bits per heavy atom. The lowest BCUT2D eigenvalue weighted by atomic mass is 9.86. The zero-order valence-electron chi connectivity index (χ0n) is 20.2. The van der Waals surface area contributed by atoms with Crippen molar-refractivity contribution in [3.05, 3.63) is 59.7 Å². The first kappa shape index (κ1) is 26.1. The first-order valence-corrected chi connectivity index (χ1v) is 11.3. The van der Waals surface area contributed by atoms with Crippen molar-refractivity contribution in [1.29, 1.82) is 0 Å². The van der Waals surface area contributed by atoms with E-state index in [4.69, 9.17) is 4.74 Å². The fourth-order valence-electron chi connectivity index (χ4n) is 4.23. The van der Waals surface area contributed by atoms with Crippen molar-refractivity contribution >= 4 is 18.0 Å². The number of halogens is 2. The Labute approximate surface area is 203 Å². The maximum Gasteiger partial charge on any atom is 0.407 e. The number of alkyl carbamates (subject to hydrolysis) is 1. The second-order valence-electron chi connectivity index (χ2n) is 9.59. The topological polar surface area (TPSA) is 95.9 Å². The molecule has 0 fully saturated rings. The van der Waals surface area contributed by atoms with Crippen LogP contribution in [0.25, 0.3) is 11.1 Å². The van der Waals surface area contributed by atoms with Gasteiger partial charge in [-0.2, -0.15) is 0 Å². The molecule has 1 aliphatic carbocycles. The van der Waals surface area contributed by atoms with Crippen LogP contribution in [-0.2, 0) is 14.3 Å². The van der Waals surface area contributed by atoms with E-state index in [1.807, 2.05) is 48.5 Å². The van der Waals surface area contributed by atoms with Crippen molar-refractivity contribution in [1.82, 2.24) is 10.2 Å². The van der Waals surface area contributed by atoms with Crippen LogP contribution in [0.15, 0.2) is 48.5 Å². The quantitative estimate of drug-likeness (QED) is 0.542. The Morgan fingerprint density at radius 3 is 2.03 bits per heavy atom. The summed E-state index contributed by atoms with van der Waals surface area (Å²) in [5.41, 5.74) is 2.54. The third-order valence-electron chi connectivity index (χ3n) is 6.51. The first-order chi connectivity index (χ1) is 16.3. The molecule has 35 heavy (non-hydrogen) atoms. The highest BCUT2D eigenvalue weighted by molar-refractivity contribution is 5.89. The summed E-state index contributed by atoms with van der Waals surface area (Å²) in [4.78, 5) is 37.8. The Hall–Kier alpha value is -3.49. The van der Waals surface area contributed by atoms with Crippen LogP contribution in [0, 0.1) is 5.41 Å². The molecule has 2 amide bonds. The first-order valence-electron chi connectivity index (χ1n) is 11.3. The third kappa shape index (κ3) is 5.78. The molecule has 0 heterocycles. The Balaban J connectivity index is 1.68. The second kappa shape index (κ2) is 10.0. The van der Waals surface area contributed by atoms with Crippen LogP contribution in [0.5, 0.6) is 0 Å². The van der Waals surface area contributed by atoms with E-state index in [2.05, 4.69) is 5.32 Å². The van der Waals surface area contributed by atoms with E-state index in [0.717, 1.165) is 34.1 Å². The molecular weight excluding hydrogens is 458 g/mol. The molecule has 0 spiro atoms. The van der Waals surface area contributed by atoms with Crippen LogP contribution in [0.2, 0.25) is 0 Å². The lowest BCUT2D eigenvalue weighted by Crippen LogP contribution is -2.52. The monoisotopic (exact) mass is 488 g/mol. The van der Waals surface area contributed by atoms with E-state index < -0.39 is 41.8 Å². The van der Waals surface area contributed by atoms with Gasteiger partial charge in [-0.05, 0) is 29.2 Å². The number of carboxylic acid groups (broad SMARTS) is 1. The molecule has 0 aliphatic heterocycles. The van der Waals surface area contributed by atoms with E-state index in [1.165, 1.54) is 20.9 Å². The van der Waals surface area contributed by atoms with Crippen LogP contribution in [0.3, 0.4) is 0 Å². The van der Waals surface area contributed by atoms with Crippen LogP contribution in [0.1, 0.15) is 44.2 Å². The van der Waals surface area contributed by atoms with Crippen LogP contribution in [-0.4, -0.2) is 60.1 Å². The number of rotatable bonds is 9. The van der Waals surface area contributed by atoms with Gasteiger partial charge < -0.3 is 20.1 Å². The average Bonchev–Trinajstić information content (AvgIpc) is 3.09. The molecule has 2 aromatic rings. The van der Waals surface area contributed by atoms with Gasteiger partial charge in [0.05, 0.1) is 6.42 Å². The molecule has 2 aromatic carbocycles. The standard InChI is InChI=1S/C26H30F2N2O5/c1-25(2,26(3,27)28)15-30(4)23(33)21(13-22(31)32)29-24(34)35-14-20-18-11-7-5-9-16(18)17-10-6-8-12-19(17)20/h5-12,20-21H,13-15H2,1-4H3,(H,29,34)(H,31,32). The minimum atomic E-state index is -3.08.